The van der Waals surface area contributed by atoms with E-state index in [1.807, 2.05) is 19.2 Å². The second kappa shape index (κ2) is 7.40. The highest BCUT2D eigenvalue weighted by Gasteiger charge is 2.25. The maximum absolute atomic E-state index is 14.5. The minimum atomic E-state index is -0.512. The van der Waals surface area contributed by atoms with Crippen molar-refractivity contribution in [1.82, 2.24) is 24.9 Å². The van der Waals surface area contributed by atoms with Crippen LogP contribution in [0.4, 0.5) is 4.39 Å². The number of benzene rings is 2. The fourth-order valence-corrected chi connectivity index (χ4v) is 4.35. The van der Waals surface area contributed by atoms with Crippen LogP contribution in [0.2, 0.25) is 0 Å². The van der Waals surface area contributed by atoms with Gasteiger partial charge < -0.3 is 5.11 Å². The summed E-state index contributed by atoms with van der Waals surface area (Å²) in [5.74, 6) is -0.512. The van der Waals surface area contributed by atoms with Crippen LogP contribution in [0.5, 0.6) is 0 Å². The molecule has 0 fully saturated rings. The Kier molecular flexibility index (Phi) is 4.68. The molecule has 158 valence electrons. The molecule has 0 aliphatic carbocycles. The zero-order chi connectivity index (χ0) is 21.7. The first-order valence-electron chi connectivity index (χ1n) is 10.2. The quantitative estimate of drug-likeness (QED) is 0.533. The van der Waals surface area contributed by atoms with Crippen molar-refractivity contribution in [2.24, 2.45) is 0 Å². The zero-order valence-corrected chi connectivity index (χ0v) is 17.3. The van der Waals surface area contributed by atoms with E-state index in [1.54, 1.807) is 19.1 Å². The number of fused-ring (bicyclic) bond motifs is 2. The number of aryl methyl sites for hydroxylation is 1. The lowest BCUT2D eigenvalue weighted by Gasteiger charge is -2.33. The Morgan fingerprint density at radius 2 is 2.10 bits per heavy atom. The van der Waals surface area contributed by atoms with Gasteiger partial charge in [0, 0.05) is 18.2 Å². The Bertz CT molecular complexity index is 1340. The average Bonchev–Trinajstić information content (AvgIpc) is 3.16. The molecule has 1 aliphatic heterocycles. The van der Waals surface area contributed by atoms with Gasteiger partial charge in [-0.25, -0.2) is 4.39 Å². The first kappa shape index (κ1) is 19.6. The Morgan fingerprint density at radius 3 is 2.87 bits per heavy atom. The summed E-state index contributed by atoms with van der Waals surface area (Å²) < 4.78 is 15.6. The summed E-state index contributed by atoms with van der Waals surface area (Å²) in [6, 6.07) is 12.0. The van der Waals surface area contributed by atoms with Crippen LogP contribution in [-0.2, 0) is 6.42 Å². The van der Waals surface area contributed by atoms with Crippen LogP contribution in [0.3, 0.4) is 0 Å². The first-order valence-corrected chi connectivity index (χ1v) is 10.2. The molecule has 4 aromatic rings. The van der Waals surface area contributed by atoms with Gasteiger partial charge in [-0.1, -0.05) is 24.3 Å². The highest BCUT2D eigenvalue weighted by atomic mass is 19.1. The zero-order valence-electron chi connectivity index (χ0n) is 17.3. The third-order valence-corrected chi connectivity index (χ3v) is 6.06. The molecule has 7 nitrogen and oxygen atoms in total. The number of halogens is 1. The van der Waals surface area contributed by atoms with Crippen molar-refractivity contribution in [2.45, 2.75) is 19.4 Å². The van der Waals surface area contributed by atoms with Crippen LogP contribution in [0.25, 0.3) is 28.0 Å². The minimum Gasteiger partial charge on any atom is -0.394 e. The molecule has 0 saturated heterocycles. The second-order valence-corrected chi connectivity index (χ2v) is 7.98. The van der Waals surface area contributed by atoms with Crippen molar-refractivity contribution >= 4 is 11.0 Å². The van der Waals surface area contributed by atoms with Crippen LogP contribution in [0, 0.1) is 12.7 Å². The van der Waals surface area contributed by atoms with Crippen LogP contribution < -0.4 is 5.56 Å². The highest BCUT2D eigenvalue weighted by Crippen LogP contribution is 2.33. The Labute approximate surface area is 177 Å². The van der Waals surface area contributed by atoms with Crippen molar-refractivity contribution in [1.29, 1.82) is 0 Å². The number of hydrogen-bond acceptors (Lipinski definition) is 5. The number of hydrogen-bond donors (Lipinski definition) is 2. The lowest BCUT2D eigenvalue weighted by Crippen LogP contribution is -2.34. The van der Waals surface area contributed by atoms with Crippen molar-refractivity contribution in [3.05, 3.63) is 75.3 Å². The van der Waals surface area contributed by atoms with Crippen LogP contribution in [-0.4, -0.2) is 50.2 Å². The molecule has 1 atom stereocenters. The Morgan fingerprint density at radius 1 is 1.26 bits per heavy atom. The van der Waals surface area contributed by atoms with Crippen molar-refractivity contribution < 1.29 is 9.50 Å². The van der Waals surface area contributed by atoms with Gasteiger partial charge >= 0.3 is 0 Å². The molecule has 5 rings (SSSR count). The third kappa shape index (κ3) is 3.15. The number of rotatable bonds is 3. The number of nitrogens with zero attached hydrogens (tertiary/aromatic N) is 4. The van der Waals surface area contributed by atoms with Gasteiger partial charge in [0.1, 0.15) is 22.7 Å². The molecule has 31 heavy (non-hydrogen) atoms. The van der Waals surface area contributed by atoms with Crippen molar-refractivity contribution in [2.75, 3.05) is 20.2 Å². The second-order valence-electron chi connectivity index (χ2n) is 7.98. The number of H-pyrrole nitrogens is 1. The summed E-state index contributed by atoms with van der Waals surface area (Å²) in [6.07, 6.45) is 0.911. The number of aliphatic hydroxyl groups is 1. The number of para-hydroxylation sites is 1. The molecule has 0 amide bonds. The summed E-state index contributed by atoms with van der Waals surface area (Å²) >= 11 is 0. The van der Waals surface area contributed by atoms with Gasteiger partial charge in [0.2, 0.25) is 0 Å². The first-order chi connectivity index (χ1) is 15.0. The summed E-state index contributed by atoms with van der Waals surface area (Å²) in [5.41, 5.74) is 4.92. The monoisotopic (exact) mass is 419 g/mol. The molecule has 1 aliphatic rings. The van der Waals surface area contributed by atoms with E-state index >= 15 is 0 Å². The van der Waals surface area contributed by atoms with Gasteiger partial charge in [0.05, 0.1) is 18.2 Å². The molecular formula is C23H22FN5O2. The molecule has 0 spiro atoms. The van der Waals surface area contributed by atoms with E-state index in [0.717, 1.165) is 28.8 Å². The average molecular weight is 419 g/mol. The third-order valence-electron chi connectivity index (χ3n) is 6.06. The van der Waals surface area contributed by atoms with E-state index in [9.17, 15) is 14.3 Å². The molecule has 0 saturated carbocycles. The van der Waals surface area contributed by atoms with Crippen LogP contribution >= 0.6 is 0 Å². The molecule has 0 radical (unpaired) electrons. The topological polar surface area (TPSA) is 87.0 Å². The molecule has 8 heteroatoms. The fourth-order valence-electron chi connectivity index (χ4n) is 4.35. The van der Waals surface area contributed by atoms with Gasteiger partial charge in [-0.05, 0) is 49.2 Å². The van der Waals surface area contributed by atoms with E-state index in [4.69, 9.17) is 0 Å². The van der Waals surface area contributed by atoms with E-state index < -0.39 is 11.4 Å². The van der Waals surface area contributed by atoms with Gasteiger partial charge in [-0.3, -0.25) is 14.8 Å². The summed E-state index contributed by atoms with van der Waals surface area (Å²) in [4.78, 5) is 14.8. The Hall–Kier alpha value is -3.36. The maximum Gasteiger partial charge on any atom is 0.273 e. The number of nitrogens with one attached hydrogen (secondary N) is 1. The smallest absolute Gasteiger partial charge is 0.273 e. The number of aromatic nitrogens is 4. The maximum atomic E-state index is 14.5. The van der Waals surface area contributed by atoms with Crippen LogP contribution in [0.1, 0.15) is 22.7 Å². The lowest BCUT2D eigenvalue weighted by atomic mass is 9.91. The molecule has 2 aromatic carbocycles. The molecule has 1 unspecified atom stereocenters. The predicted molar refractivity (Wildman–Crippen MR) is 116 cm³/mol. The minimum absolute atomic E-state index is 0.0264. The van der Waals surface area contributed by atoms with Crippen molar-refractivity contribution in [3.8, 4) is 16.9 Å². The van der Waals surface area contributed by atoms with Gasteiger partial charge in [-0.2, -0.15) is 14.9 Å². The van der Waals surface area contributed by atoms with E-state index in [2.05, 4.69) is 26.3 Å². The van der Waals surface area contributed by atoms with Gasteiger partial charge in [0.25, 0.3) is 5.56 Å². The standard InChI is InChI=1S/C23H22FN5O2/c1-13-4-3-5-17(24)23(13)29-20(31)11-18-22(27-29)21(26-25-18)15-7-6-14-8-9-28(2)19(12-30)16(14)10-15/h3-7,10-11,19,25,30H,8-9,12H2,1-2H3. The van der Waals surface area contributed by atoms with E-state index in [-0.39, 0.29) is 18.3 Å². The fraction of sp³-hybridized carbons (Fsp3) is 0.261. The molecule has 3 heterocycles. The largest absolute Gasteiger partial charge is 0.394 e. The summed E-state index contributed by atoms with van der Waals surface area (Å²) in [5, 5.41) is 21.6. The number of aromatic amines is 1. The van der Waals surface area contributed by atoms with Gasteiger partial charge in [-0.15, -0.1) is 0 Å². The van der Waals surface area contributed by atoms with E-state index in [0.29, 0.717) is 22.3 Å². The molecule has 2 N–H and O–H groups in total. The SMILES string of the molecule is Cc1cccc(F)c1-n1nc2c(-c3ccc4c(c3)C(CO)N(C)CC4)n[nH]c2cc1=O. The Balaban J connectivity index is 1.69. The van der Waals surface area contributed by atoms with Crippen molar-refractivity contribution in [3.63, 3.8) is 0 Å². The van der Waals surface area contributed by atoms with Gasteiger partial charge in [0.15, 0.2) is 0 Å². The summed E-state index contributed by atoms with van der Waals surface area (Å²) in [6.45, 7) is 2.65. The molecular weight excluding hydrogens is 397 g/mol. The predicted octanol–water partition coefficient (Wildman–Crippen LogP) is 2.74. The normalized spacial score (nSPS) is 16.6. The number of likely N-dealkylation sites (N-methyl/N-ethyl adjacent to an activating group) is 1. The molecule has 0 bridgehead atoms. The summed E-state index contributed by atoms with van der Waals surface area (Å²) in [7, 11) is 2.00. The lowest BCUT2D eigenvalue weighted by molar-refractivity contribution is 0.139. The highest BCUT2D eigenvalue weighted by molar-refractivity contribution is 5.89. The van der Waals surface area contributed by atoms with E-state index in [1.165, 1.54) is 17.7 Å². The van der Waals surface area contributed by atoms with Crippen LogP contribution in [0.15, 0.2) is 47.3 Å². The molecule has 2 aromatic heterocycles. The number of aliphatic hydroxyl groups excluding tert-OH is 1.